The average Bonchev–Trinajstić information content (AvgIpc) is 3.05. The van der Waals surface area contributed by atoms with Crippen LogP contribution in [-0.4, -0.2) is 39.6 Å². The van der Waals surface area contributed by atoms with Crippen molar-refractivity contribution in [1.29, 1.82) is 0 Å². The molecule has 0 spiro atoms. The Kier molecular flexibility index (Phi) is 4.24. The van der Waals surface area contributed by atoms with Gasteiger partial charge in [-0.05, 0) is 24.3 Å². The molecule has 26 heavy (non-hydrogen) atoms. The predicted molar refractivity (Wildman–Crippen MR) is 99.5 cm³/mol. The van der Waals surface area contributed by atoms with Gasteiger partial charge in [0.15, 0.2) is 0 Å². The Bertz CT molecular complexity index is 976. The van der Waals surface area contributed by atoms with E-state index in [0.29, 0.717) is 18.7 Å². The molecule has 1 fully saturated rings. The highest BCUT2D eigenvalue weighted by atomic mass is 16.5. The summed E-state index contributed by atoms with van der Waals surface area (Å²) in [7, 11) is 2.02. The third-order valence-electron chi connectivity index (χ3n) is 4.94. The normalized spacial score (nSPS) is 15.3. The zero-order valence-electron chi connectivity index (χ0n) is 14.6. The van der Waals surface area contributed by atoms with Crippen LogP contribution in [0.25, 0.3) is 10.9 Å². The van der Waals surface area contributed by atoms with Crippen LogP contribution >= 0.6 is 0 Å². The first-order valence-corrected chi connectivity index (χ1v) is 8.80. The van der Waals surface area contributed by atoms with Gasteiger partial charge in [-0.1, -0.05) is 6.07 Å². The molecule has 1 amide bonds. The summed E-state index contributed by atoms with van der Waals surface area (Å²) in [6.07, 6.45) is 5.18. The van der Waals surface area contributed by atoms with E-state index in [4.69, 9.17) is 4.74 Å². The van der Waals surface area contributed by atoms with Gasteiger partial charge in [-0.25, -0.2) is 0 Å². The van der Waals surface area contributed by atoms with E-state index in [1.54, 1.807) is 6.07 Å². The lowest BCUT2D eigenvalue weighted by Crippen LogP contribution is -2.41. The molecule has 4 rings (SSSR count). The Morgan fingerprint density at radius 1 is 1.15 bits per heavy atom. The van der Waals surface area contributed by atoms with Gasteiger partial charge in [-0.15, -0.1) is 0 Å². The van der Waals surface area contributed by atoms with E-state index in [2.05, 4.69) is 21.7 Å². The number of likely N-dealkylation sites (tertiary alicyclic amines) is 1. The van der Waals surface area contributed by atoms with Crippen molar-refractivity contribution < 1.29 is 9.53 Å². The first-order valence-electron chi connectivity index (χ1n) is 8.80. The van der Waals surface area contributed by atoms with Crippen molar-refractivity contribution in [2.24, 2.45) is 7.05 Å². The summed E-state index contributed by atoms with van der Waals surface area (Å²) in [5, 5.41) is 1.11. The summed E-state index contributed by atoms with van der Waals surface area (Å²) >= 11 is 0. The van der Waals surface area contributed by atoms with Crippen LogP contribution in [0.3, 0.4) is 0 Å². The van der Waals surface area contributed by atoms with E-state index in [1.807, 2.05) is 30.3 Å². The number of hydrogen-bond acceptors (Lipinski definition) is 3. The lowest BCUT2D eigenvalue weighted by Gasteiger charge is -2.32. The molecular weight excluding hydrogens is 330 g/mol. The number of nitrogens with one attached hydrogen (secondary N) is 1. The van der Waals surface area contributed by atoms with Crippen molar-refractivity contribution in [3.8, 4) is 5.75 Å². The molecule has 1 N–H and O–H groups in total. The third kappa shape index (κ3) is 3.10. The quantitative estimate of drug-likeness (QED) is 0.788. The number of aryl methyl sites for hydroxylation is 1. The summed E-state index contributed by atoms with van der Waals surface area (Å²) in [5.74, 6) is 0.846. The fourth-order valence-electron chi connectivity index (χ4n) is 3.46. The minimum absolute atomic E-state index is 0.0511. The molecule has 6 heteroatoms. The van der Waals surface area contributed by atoms with E-state index in [0.717, 1.165) is 29.5 Å². The van der Waals surface area contributed by atoms with E-state index >= 15 is 0 Å². The molecule has 1 saturated heterocycles. The number of aromatic nitrogens is 2. The van der Waals surface area contributed by atoms with Gasteiger partial charge >= 0.3 is 0 Å². The Labute approximate surface area is 151 Å². The molecule has 2 aromatic heterocycles. The molecular formula is C20H21N3O3. The Morgan fingerprint density at radius 3 is 2.69 bits per heavy atom. The minimum Gasteiger partial charge on any atom is -0.490 e. The molecule has 1 aliphatic heterocycles. The fourth-order valence-corrected chi connectivity index (χ4v) is 3.46. The first kappa shape index (κ1) is 16.4. The van der Waals surface area contributed by atoms with Crippen LogP contribution in [0.2, 0.25) is 0 Å². The number of ether oxygens (including phenoxy) is 1. The molecule has 0 atom stereocenters. The van der Waals surface area contributed by atoms with Crippen LogP contribution in [0, 0.1) is 0 Å². The van der Waals surface area contributed by atoms with E-state index < -0.39 is 0 Å². The smallest absolute Gasteiger partial charge is 0.255 e. The van der Waals surface area contributed by atoms with Gasteiger partial charge in [0.1, 0.15) is 11.9 Å². The number of fused-ring (bicyclic) bond motifs is 1. The summed E-state index contributed by atoms with van der Waals surface area (Å²) in [6, 6.07) is 11.1. The van der Waals surface area contributed by atoms with Gasteiger partial charge in [-0.3, -0.25) is 9.59 Å². The summed E-state index contributed by atoms with van der Waals surface area (Å²) in [5.41, 5.74) is 1.45. The summed E-state index contributed by atoms with van der Waals surface area (Å²) in [4.78, 5) is 28.0. The number of nitrogens with zero attached hydrogens (tertiary/aromatic N) is 2. The van der Waals surface area contributed by atoms with Crippen LogP contribution in [0.5, 0.6) is 5.75 Å². The van der Waals surface area contributed by atoms with Gasteiger partial charge < -0.3 is 19.2 Å². The van der Waals surface area contributed by atoms with Gasteiger partial charge in [0.2, 0.25) is 5.56 Å². The van der Waals surface area contributed by atoms with E-state index in [-0.39, 0.29) is 17.6 Å². The monoisotopic (exact) mass is 351 g/mol. The number of rotatable bonds is 3. The predicted octanol–water partition coefficient (Wildman–Crippen LogP) is 2.55. The molecule has 0 saturated carbocycles. The van der Waals surface area contributed by atoms with Crippen molar-refractivity contribution in [1.82, 2.24) is 14.5 Å². The Morgan fingerprint density at radius 2 is 1.96 bits per heavy atom. The molecule has 3 heterocycles. The second-order valence-corrected chi connectivity index (χ2v) is 6.67. The van der Waals surface area contributed by atoms with Gasteiger partial charge in [0, 0.05) is 56.8 Å². The minimum atomic E-state index is -0.205. The van der Waals surface area contributed by atoms with E-state index in [1.165, 1.54) is 12.3 Å². The number of aromatic amines is 1. The maximum absolute atomic E-state index is 12.5. The Hall–Kier alpha value is -3.02. The van der Waals surface area contributed by atoms with Gasteiger partial charge in [0.05, 0.1) is 11.1 Å². The number of amides is 1. The number of carbonyl (C=O) groups excluding carboxylic acids is 1. The number of hydrogen-bond donors (Lipinski definition) is 1. The first-order chi connectivity index (χ1) is 12.6. The SMILES string of the molecule is Cn1ccc2c(OC3CCN(C(=O)c4ccc(=O)[nH]c4)CC3)cccc21. The van der Waals surface area contributed by atoms with E-state index in [9.17, 15) is 9.59 Å². The lowest BCUT2D eigenvalue weighted by atomic mass is 10.1. The molecule has 0 aliphatic carbocycles. The highest BCUT2D eigenvalue weighted by molar-refractivity contribution is 5.94. The van der Waals surface area contributed by atoms with Crippen LogP contribution in [-0.2, 0) is 7.05 Å². The highest BCUT2D eigenvalue weighted by Gasteiger charge is 2.25. The summed E-state index contributed by atoms with van der Waals surface area (Å²) in [6.45, 7) is 1.29. The standard InChI is InChI=1S/C20H21N3O3/c1-22-10-9-16-17(22)3-2-4-18(16)26-15-7-11-23(12-8-15)20(25)14-5-6-19(24)21-13-14/h2-6,9-10,13,15H,7-8,11-12H2,1H3,(H,21,24). The molecule has 6 nitrogen and oxygen atoms in total. The van der Waals surface area contributed by atoms with Crippen LogP contribution < -0.4 is 10.3 Å². The number of H-pyrrole nitrogens is 1. The summed E-state index contributed by atoms with van der Waals surface area (Å²) < 4.78 is 8.31. The number of benzene rings is 1. The zero-order chi connectivity index (χ0) is 18.1. The molecule has 0 unspecified atom stereocenters. The van der Waals surface area contributed by atoms with Gasteiger partial charge in [0.25, 0.3) is 5.91 Å². The van der Waals surface area contributed by atoms with Crippen molar-refractivity contribution in [3.05, 3.63) is 64.7 Å². The number of carbonyl (C=O) groups is 1. The third-order valence-corrected chi connectivity index (χ3v) is 4.94. The maximum atomic E-state index is 12.5. The van der Waals surface area contributed by atoms with Gasteiger partial charge in [-0.2, -0.15) is 0 Å². The second-order valence-electron chi connectivity index (χ2n) is 6.67. The fraction of sp³-hybridized carbons (Fsp3) is 0.300. The largest absolute Gasteiger partial charge is 0.490 e. The molecule has 1 aliphatic rings. The maximum Gasteiger partial charge on any atom is 0.255 e. The molecule has 1 aromatic carbocycles. The second kappa shape index (κ2) is 6.71. The van der Waals surface area contributed by atoms with Crippen molar-refractivity contribution in [2.75, 3.05) is 13.1 Å². The molecule has 0 bridgehead atoms. The highest BCUT2D eigenvalue weighted by Crippen LogP contribution is 2.28. The van der Waals surface area contributed by atoms with Crippen molar-refractivity contribution in [3.63, 3.8) is 0 Å². The topological polar surface area (TPSA) is 67.3 Å². The van der Waals surface area contributed by atoms with Crippen molar-refractivity contribution >= 4 is 16.8 Å². The zero-order valence-corrected chi connectivity index (χ0v) is 14.6. The van der Waals surface area contributed by atoms with Crippen molar-refractivity contribution in [2.45, 2.75) is 18.9 Å². The average molecular weight is 351 g/mol. The van der Waals surface area contributed by atoms with Crippen LogP contribution in [0.4, 0.5) is 0 Å². The molecule has 3 aromatic rings. The number of piperidine rings is 1. The van der Waals surface area contributed by atoms with Crippen LogP contribution in [0.1, 0.15) is 23.2 Å². The molecule has 134 valence electrons. The number of pyridine rings is 1. The molecule has 0 radical (unpaired) electrons. The lowest BCUT2D eigenvalue weighted by molar-refractivity contribution is 0.0597. The van der Waals surface area contributed by atoms with Crippen LogP contribution in [0.15, 0.2) is 53.6 Å². The Balaban J connectivity index is 1.41.